The first kappa shape index (κ1) is 23.0. The molecule has 1 heterocycles. The second kappa shape index (κ2) is 8.48. The SMILES string of the molecule is C=Cc1ccc(OS(=O)(=O)C2CS(=O)(=O)CC2S(=O)(=O)Oc2ccc(C=C)cc2)cc1. The monoisotopic (exact) mass is 484 g/mol. The van der Waals surface area contributed by atoms with Crippen LogP contribution in [-0.2, 0) is 30.1 Å². The van der Waals surface area contributed by atoms with Crippen molar-refractivity contribution >= 4 is 42.2 Å². The maximum absolute atomic E-state index is 12.8. The van der Waals surface area contributed by atoms with E-state index >= 15 is 0 Å². The lowest BCUT2D eigenvalue weighted by atomic mass is 10.2. The van der Waals surface area contributed by atoms with Gasteiger partial charge in [-0.2, -0.15) is 16.8 Å². The average molecular weight is 485 g/mol. The van der Waals surface area contributed by atoms with Gasteiger partial charge in [-0.25, -0.2) is 8.42 Å². The molecule has 8 nitrogen and oxygen atoms in total. The van der Waals surface area contributed by atoms with Crippen LogP contribution in [0.1, 0.15) is 11.1 Å². The van der Waals surface area contributed by atoms with E-state index in [1.807, 2.05) is 0 Å². The van der Waals surface area contributed by atoms with Crippen LogP contribution in [0.25, 0.3) is 12.2 Å². The normalized spacial score (nSPS) is 20.6. The van der Waals surface area contributed by atoms with Gasteiger partial charge < -0.3 is 8.37 Å². The summed E-state index contributed by atoms with van der Waals surface area (Å²) in [6, 6.07) is 11.6. The van der Waals surface area contributed by atoms with Gasteiger partial charge in [0.25, 0.3) is 0 Å². The molecule has 1 fully saturated rings. The quantitative estimate of drug-likeness (QED) is 0.523. The first-order valence-corrected chi connectivity index (χ1v) is 13.7. The molecule has 2 aromatic carbocycles. The van der Waals surface area contributed by atoms with Gasteiger partial charge in [-0.1, -0.05) is 49.6 Å². The predicted molar refractivity (Wildman–Crippen MR) is 118 cm³/mol. The van der Waals surface area contributed by atoms with Crippen molar-refractivity contribution in [1.29, 1.82) is 0 Å². The van der Waals surface area contributed by atoms with Crippen LogP contribution in [0.2, 0.25) is 0 Å². The number of hydrogen-bond donors (Lipinski definition) is 0. The summed E-state index contributed by atoms with van der Waals surface area (Å²) >= 11 is 0. The Morgan fingerprint density at radius 3 is 1.32 bits per heavy atom. The molecule has 3 rings (SSSR count). The van der Waals surface area contributed by atoms with Gasteiger partial charge in [0.2, 0.25) is 0 Å². The first-order chi connectivity index (χ1) is 14.5. The molecule has 166 valence electrons. The van der Waals surface area contributed by atoms with Crippen LogP contribution in [0.4, 0.5) is 0 Å². The van der Waals surface area contributed by atoms with E-state index in [0.29, 0.717) is 11.1 Å². The predicted octanol–water partition coefficient (Wildman–Crippen LogP) is 2.26. The Balaban J connectivity index is 1.89. The highest BCUT2D eigenvalue weighted by molar-refractivity contribution is 7.98. The molecular weight excluding hydrogens is 464 g/mol. The zero-order chi connectivity index (χ0) is 22.9. The fourth-order valence-corrected chi connectivity index (χ4v) is 10.2. The summed E-state index contributed by atoms with van der Waals surface area (Å²) in [6.45, 7) is 7.17. The van der Waals surface area contributed by atoms with Crippen molar-refractivity contribution in [2.24, 2.45) is 0 Å². The molecule has 0 spiro atoms. The molecule has 0 radical (unpaired) electrons. The molecule has 0 saturated carbocycles. The van der Waals surface area contributed by atoms with Crippen molar-refractivity contribution in [3.05, 3.63) is 72.8 Å². The lowest BCUT2D eigenvalue weighted by Gasteiger charge is -2.19. The summed E-state index contributed by atoms with van der Waals surface area (Å²) < 4.78 is 85.6. The lowest BCUT2D eigenvalue weighted by Crippen LogP contribution is -2.42. The molecule has 0 N–H and O–H groups in total. The molecule has 2 unspecified atom stereocenters. The maximum atomic E-state index is 12.8. The van der Waals surface area contributed by atoms with Crippen LogP contribution in [0.5, 0.6) is 11.5 Å². The second-order valence-electron chi connectivity index (χ2n) is 6.85. The van der Waals surface area contributed by atoms with Crippen LogP contribution in [-0.4, -0.2) is 47.3 Å². The van der Waals surface area contributed by atoms with Gasteiger partial charge in [0, 0.05) is 0 Å². The van der Waals surface area contributed by atoms with Gasteiger partial charge in [0.05, 0.1) is 11.5 Å². The van der Waals surface area contributed by atoms with E-state index < -0.39 is 52.1 Å². The van der Waals surface area contributed by atoms with Gasteiger partial charge in [0.1, 0.15) is 22.0 Å². The average Bonchev–Trinajstić information content (AvgIpc) is 3.06. The number of rotatable bonds is 8. The Hall–Kier alpha value is -2.63. The second-order valence-corrected chi connectivity index (χ2v) is 12.5. The Bertz CT molecular complexity index is 1190. The third-order valence-electron chi connectivity index (χ3n) is 4.65. The topological polar surface area (TPSA) is 121 Å². The van der Waals surface area contributed by atoms with Crippen LogP contribution >= 0.6 is 0 Å². The van der Waals surface area contributed by atoms with E-state index in [4.69, 9.17) is 8.37 Å². The minimum absolute atomic E-state index is 0.0769. The van der Waals surface area contributed by atoms with E-state index in [9.17, 15) is 25.3 Å². The van der Waals surface area contributed by atoms with Gasteiger partial charge >= 0.3 is 20.2 Å². The molecule has 1 saturated heterocycles. The Morgan fingerprint density at radius 1 is 0.710 bits per heavy atom. The molecule has 11 heteroatoms. The van der Waals surface area contributed by atoms with E-state index in [1.165, 1.54) is 24.3 Å². The Kier molecular flexibility index (Phi) is 6.30. The summed E-state index contributed by atoms with van der Waals surface area (Å²) in [4.78, 5) is 0. The van der Waals surface area contributed by atoms with Gasteiger partial charge in [0.15, 0.2) is 9.84 Å². The fraction of sp³-hybridized carbons (Fsp3) is 0.200. The van der Waals surface area contributed by atoms with Crippen LogP contribution < -0.4 is 8.37 Å². The van der Waals surface area contributed by atoms with Gasteiger partial charge in [-0.3, -0.25) is 0 Å². The van der Waals surface area contributed by atoms with Crippen molar-refractivity contribution < 1.29 is 33.6 Å². The first-order valence-electron chi connectivity index (χ1n) is 8.98. The van der Waals surface area contributed by atoms with Gasteiger partial charge in [-0.15, -0.1) is 0 Å². The highest BCUT2D eigenvalue weighted by atomic mass is 32.2. The van der Waals surface area contributed by atoms with E-state index in [2.05, 4.69) is 13.2 Å². The highest BCUT2D eigenvalue weighted by Gasteiger charge is 2.53. The molecule has 0 bridgehead atoms. The van der Waals surface area contributed by atoms with Crippen molar-refractivity contribution in [2.75, 3.05) is 11.5 Å². The molecule has 0 amide bonds. The fourth-order valence-electron chi connectivity index (χ4n) is 3.03. The number of sulfone groups is 1. The smallest absolute Gasteiger partial charge is 0.314 e. The maximum Gasteiger partial charge on any atom is 0.314 e. The molecule has 31 heavy (non-hydrogen) atoms. The van der Waals surface area contributed by atoms with E-state index in [-0.39, 0.29) is 11.5 Å². The third kappa shape index (κ3) is 5.35. The zero-order valence-electron chi connectivity index (χ0n) is 16.2. The molecule has 1 aliphatic rings. The summed E-state index contributed by atoms with van der Waals surface area (Å²) in [5.41, 5.74) is 1.43. The number of benzene rings is 2. The van der Waals surface area contributed by atoms with E-state index in [0.717, 1.165) is 0 Å². The van der Waals surface area contributed by atoms with Crippen LogP contribution in [0.3, 0.4) is 0 Å². The van der Waals surface area contributed by atoms with Crippen LogP contribution in [0, 0.1) is 0 Å². The number of hydrogen-bond acceptors (Lipinski definition) is 8. The minimum Gasteiger partial charge on any atom is -0.382 e. The lowest BCUT2D eigenvalue weighted by molar-refractivity contribution is 0.455. The Labute approximate surface area is 182 Å². The summed E-state index contributed by atoms with van der Waals surface area (Å²) in [5.74, 6) is -1.93. The van der Waals surface area contributed by atoms with Crippen molar-refractivity contribution in [3.8, 4) is 11.5 Å². The van der Waals surface area contributed by atoms with Crippen LogP contribution in [0.15, 0.2) is 61.7 Å². The van der Waals surface area contributed by atoms with E-state index in [1.54, 1.807) is 36.4 Å². The van der Waals surface area contributed by atoms with Crippen molar-refractivity contribution in [1.82, 2.24) is 0 Å². The third-order valence-corrected chi connectivity index (χ3v) is 10.3. The summed E-state index contributed by atoms with van der Waals surface area (Å²) in [6.07, 6.45) is 3.09. The molecule has 2 atom stereocenters. The molecule has 0 aliphatic carbocycles. The summed E-state index contributed by atoms with van der Waals surface area (Å²) in [7, 11) is -13.2. The summed E-state index contributed by atoms with van der Waals surface area (Å²) in [5, 5.41) is -3.68. The van der Waals surface area contributed by atoms with Gasteiger partial charge in [-0.05, 0) is 35.4 Å². The molecule has 2 aromatic rings. The van der Waals surface area contributed by atoms with Crippen molar-refractivity contribution in [2.45, 2.75) is 10.5 Å². The molecular formula is C20H20O8S3. The Morgan fingerprint density at radius 2 is 1.03 bits per heavy atom. The zero-order valence-corrected chi connectivity index (χ0v) is 18.7. The highest BCUT2D eigenvalue weighted by Crippen LogP contribution is 2.30. The molecule has 0 aromatic heterocycles. The van der Waals surface area contributed by atoms with Crippen molar-refractivity contribution in [3.63, 3.8) is 0 Å². The standard InChI is InChI=1S/C20H20O8S3/c1-3-15-5-9-17(10-6-15)27-30(23,24)19-13-29(21,22)14-20(19)31(25,26)28-18-11-7-16(4-2)8-12-18/h3-12,19-20H,1-2,13-14H2. The molecule has 1 aliphatic heterocycles. The largest absolute Gasteiger partial charge is 0.382 e. The minimum atomic E-state index is -4.62.